The Morgan fingerprint density at radius 1 is 1.40 bits per heavy atom. The molecule has 80 valence electrons. The number of ether oxygens (including phenoxy) is 1. The average molecular weight is 210 g/mol. The summed E-state index contributed by atoms with van der Waals surface area (Å²) >= 11 is 0. The van der Waals surface area contributed by atoms with Gasteiger partial charge in [-0.1, -0.05) is 6.07 Å². The van der Waals surface area contributed by atoms with Gasteiger partial charge in [-0.25, -0.2) is 4.79 Å². The van der Waals surface area contributed by atoms with Crippen molar-refractivity contribution >= 4 is 11.9 Å². The van der Waals surface area contributed by atoms with Crippen molar-refractivity contribution in [2.24, 2.45) is 0 Å². The highest BCUT2D eigenvalue weighted by atomic mass is 16.5. The van der Waals surface area contributed by atoms with E-state index in [1.165, 1.54) is 19.2 Å². The van der Waals surface area contributed by atoms with Crippen molar-refractivity contribution in [2.75, 3.05) is 7.11 Å². The topological polar surface area (TPSA) is 83.8 Å². The number of esters is 1. The molecule has 1 rings (SSSR count). The molecule has 0 aliphatic heterocycles. The predicted octanol–water partition coefficient (Wildman–Crippen LogP) is 0.806. The van der Waals surface area contributed by atoms with E-state index >= 15 is 0 Å². The van der Waals surface area contributed by atoms with Crippen molar-refractivity contribution < 1.29 is 24.5 Å². The highest BCUT2D eigenvalue weighted by Gasteiger charge is 2.10. The Morgan fingerprint density at radius 2 is 2.07 bits per heavy atom. The Balaban J connectivity index is 2.93. The number of hydrogen-bond donors (Lipinski definition) is 2. The van der Waals surface area contributed by atoms with E-state index in [1.807, 2.05) is 0 Å². The van der Waals surface area contributed by atoms with Crippen molar-refractivity contribution in [1.29, 1.82) is 0 Å². The summed E-state index contributed by atoms with van der Waals surface area (Å²) in [4.78, 5) is 21.4. The molecule has 0 bridgehead atoms. The molecule has 0 aromatic heterocycles. The third-order valence-electron chi connectivity index (χ3n) is 1.89. The Labute approximate surface area is 85.9 Å². The molecule has 0 saturated carbocycles. The third kappa shape index (κ3) is 2.70. The van der Waals surface area contributed by atoms with Gasteiger partial charge in [0.2, 0.25) is 0 Å². The lowest BCUT2D eigenvalue weighted by Crippen LogP contribution is -2.05. The van der Waals surface area contributed by atoms with Gasteiger partial charge in [-0.3, -0.25) is 4.79 Å². The van der Waals surface area contributed by atoms with Crippen molar-refractivity contribution in [3.63, 3.8) is 0 Å². The van der Waals surface area contributed by atoms with Gasteiger partial charge < -0.3 is 14.9 Å². The molecule has 1 aromatic rings. The second kappa shape index (κ2) is 4.45. The first kappa shape index (κ1) is 11.0. The van der Waals surface area contributed by atoms with Crippen LogP contribution in [0.4, 0.5) is 0 Å². The Kier molecular flexibility index (Phi) is 3.28. The van der Waals surface area contributed by atoms with Crippen molar-refractivity contribution in [3.05, 3.63) is 29.3 Å². The van der Waals surface area contributed by atoms with Crippen LogP contribution in [0.5, 0.6) is 5.75 Å². The largest absolute Gasteiger partial charge is 0.508 e. The molecule has 5 heteroatoms. The van der Waals surface area contributed by atoms with Crippen molar-refractivity contribution in [1.82, 2.24) is 0 Å². The second-order valence-electron chi connectivity index (χ2n) is 2.90. The minimum absolute atomic E-state index is 0.0267. The molecule has 2 N–H and O–H groups in total. The number of benzene rings is 1. The van der Waals surface area contributed by atoms with Crippen LogP contribution in [0.1, 0.15) is 15.9 Å². The zero-order valence-electron chi connectivity index (χ0n) is 8.06. The summed E-state index contributed by atoms with van der Waals surface area (Å²) in [7, 11) is 1.24. The smallest absolute Gasteiger partial charge is 0.335 e. The molecule has 0 atom stereocenters. The first-order chi connectivity index (χ1) is 7.04. The van der Waals surface area contributed by atoms with Gasteiger partial charge in [0.1, 0.15) is 5.75 Å². The van der Waals surface area contributed by atoms with Crippen LogP contribution < -0.4 is 0 Å². The van der Waals surface area contributed by atoms with Crippen LogP contribution in [0.25, 0.3) is 0 Å². The number of aromatic carboxylic acids is 1. The fraction of sp³-hybridized carbons (Fsp3) is 0.200. The van der Waals surface area contributed by atoms with Gasteiger partial charge in [0.15, 0.2) is 0 Å². The van der Waals surface area contributed by atoms with Crippen LogP contribution >= 0.6 is 0 Å². The number of carbonyl (C=O) groups is 2. The molecule has 0 saturated heterocycles. The number of carboxylic acids is 1. The fourth-order valence-corrected chi connectivity index (χ4v) is 1.07. The van der Waals surface area contributed by atoms with Crippen LogP contribution in [-0.2, 0) is 16.0 Å². The van der Waals surface area contributed by atoms with Gasteiger partial charge in [0, 0.05) is 5.56 Å². The van der Waals surface area contributed by atoms with Gasteiger partial charge in [-0.05, 0) is 12.1 Å². The Hall–Kier alpha value is -2.04. The van der Waals surface area contributed by atoms with E-state index in [-0.39, 0.29) is 17.7 Å². The minimum atomic E-state index is -1.13. The second-order valence-corrected chi connectivity index (χ2v) is 2.90. The summed E-state index contributed by atoms with van der Waals surface area (Å²) < 4.78 is 4.42. The summed E-state index contributed by atoms with van der Waals surface area (Å²) in [6.07, 6.45) is -0.0811. The first-order valence-corrected chi connectivity index (χ1v) is 4.16. The van der Waals surface area contributed by atoms with E-state index in [9.17, 15) is 14.7 Å². The van der Waals surface area contributed by atoms with Gasteiger partial charge in [-0.2, -0.15) is 0 Å². The first-order valence-electron chi connectivity index (χ1n) is 4.16. The number of carbonyl (C=O) groups excluding carboxylic acids is 1. The van der Waals surface area contributed by atoms with E-state index in [0.29, 0.717) is 5.56 Å². The third-order valence-corrected chi connectivity index (χ3v) is 1.89. The molecule has 0 radical (unpaired) electrons. The molecule has 0 amide bonds. The zero-order valence-corrected chi connectivity index (χ0v) is 8.06. The number of phenols is 1. The van der Waals surface area contributed by atoms with Crippen LogP contribution in [0.2, 0.25) is 0 Å². The Bertz CT molecular complexity index is 397. The van der Waals surface area contributed by atoms with E-state index < -0.39 is 11.9 Å². The molecule has 0 aliphatic carbocycles. The molecule has 0 spiro atoms. The standard InChI is InChI=1S/C10H10O5/c1-15-9(12)5-6-2-3-7(10(13)14)4-8(6)11/h2-4,11H,5H2,1H3,(H,13,14). The monoisotopic (exact) mass is 210 g/mol. The molecule has 0 aliphatic rings. The average Bonchev–Trinajstić information content (AvgIpc) is 2.20. The maximum Gasteiger partial charge on any atom is 0.335 e. The zero-order chi connectivity index (χ0) is 11.4. The molecule has 0 heterocycles. The van der Waals surface area contributed by atoms with Gasteiger partial charge in [0.05, 0.1) is 19.1 Å². The van der Waals surface area contributed by atoms with Crippen molar-refractivity contribution in [3.8, 4) is 5.75 Å². The van der Waals surface area contributed by atoms with Gasteiger partial charge >= 0.3 is 11.9 Å². The fourth-order valence-electron chi connectivity index (χ4n) is 1.07. The van der Waals surface area contributed by atoms with E-state index in [1.54, 1.807) is 0 Å². The summed E-state index contributed by atoms with van der Waals surface area (Å²) in [5.74, 6) is -1.84. The SMILES string of the molecule is COC(=O)Cc1ccc(C(=O)O)cc1O. The lowest BCUT2D eigenvalue weighted by Gasteiger charge is -2.04. The van der Waals surface area contributed by atoms with Crippen molar-refractivity contribution in [2.45, 2.75) is 6.42 Å². The highest BCUT2D eigenvalue weighted by molar-refractivity contribution is 5.88. The molecule has 5 nitrogen and oxygen atoms in total. The van der Waals surface area contributed by atoms with Gasteiger partial charge in [-0.15, -0.1) is 0 Å². The molecule has 15 heavy (non-hydrogen) atoms. The van der Waals surface area contributed by atoms with E-state index in [4.69, 9.17) is 5.11 Å². The number of rotatable bonds is 3. The Morgan fingerprint density at radius 3 is 2.53 bits per heavy atom. The lowest BCUT2D eigenvalue weighted by atomic mass is 10.1. The number of phenolic OH excluding ortho intramolecular Hbond substituents is 1. The molecule has 0 unspecified atom stereocenters. The number of hydrogen-bond acceptors (Lipinski definition) is 4. The minimum Gasteiger partial charge on any atom is -0.508 e. The normalized spacial score (nSPS) is 9.67. The molecular formula is C10H10O5. The maximum atomic E-state index is 10.9. The van der Waals surface area contributed by atoms with Gasteiger partial charge in [0.25, 0.3) is 0 Å². The lowest BCUT2D eigenvalue weighted by molar-refractivity contribution is -0.139. The molecule has 0 fully saturated rings. The quantitative estimate of drug-likeness (QED) is 0.721. The summed E-state index contributed by atoms with van der Waals surface area (Å²) in [6, 6.07) is 3.80. The molecular weight excluding hydrogens is 200 g/mol. The van der Waals surface area contributed by atoms with E-state index in [0.717, 1.165) is 6.07 Å². The predicted molar refractivity (Wildman–Crippen MR) is 50.8 cm³/mol. The molecule has 1 aromatic carbocycles. The number of carboxylic acid groups (broad SMARTS) is 1. The van der Waals surface area contributed by atoms with Crippen LogP contribution in [0.15, 0.2) is 18.2 Å². The number of aromatic hydroxyl groups is 1. The highest BCUT2D eigenvalue weighted by Crippen LogP contribution is 2.19. The van der Waals surface area contributed by atoms with Crippen LogP contribution in [0.3, 0.4) is 0 Å². The summed E-state index contributed by atoms with van der Waals surface area (Å²) in [5, 5.41) is 18.0. The van der Waals surface area contributed by atoms with E-state index in [2.05, 4.69) is 4.74 Å². The van der Waals surface area contributed by atoms with Crippen LogP contribution in [0, 0.1) is 0 Å². The summed E-state index contributed by atoms with van der Waals surface area (Å²) in [5.41, 5.74) is 0.313. The summed E-state index contributed by atoms with van der Waals surface area (Å²) in [6.45, 7) is 0. The number of methoxy groups -OCH3 is 1. The van der Waals surface area contributed by atoms with Crippen LogP contribution in [-0.4, -0.2) is 29.3 Å². The maximum absolute atomic E-state index is 10.9.